The third-order valence-corrected chi connectivity index (χ3v) is 2.47. The predicted molar refractivity (Wildman–Crippen MR) is 55.0 cm³/mol. The maximum absolute atomic E-state index is 5.73. The van der Waals surface area contributed by atoms with Gasteiger partial charge in [-0.05, 0) is 41.5 Å². The number of ether oxygens (including phenoxy) is 1. The number of halogens is 1. The highest BCUT2D eigenvalue weighted by Gasteiger charge is 2.25. The zero-order chi connectivity index (χ0) is 8.55. The summed E-state index contributed by atoms with van der Waals surface area (Å²) in [6, 6.07) is 1.76. The van der Waals surface area contributed by atoms with Gasteiger partial charge in [-0.25, -0.2) is 4.98 Å². The van der Waals surface area contributed by atoms with Crippen LogP contribution in [-0.2, 0) is 0 Å². The average molecular weight is 276 g/mol. The number of anilines is 1. The normalized spacial score (nSPS) is 16.1. The van der Waals surface area contributed by atoms with Crippen LogP contribution in [0.15, 0.2) is 12.3 Å². The summed E-state index contributed by atoms with van der Waals surface area (Å²) in [6.07, 6.45) is 4.36. The van der Waals surface area contributed by atoms with Crippen LogP contribution in [-0.4, -0.2) is 11.1 Å². The zero-order valence-electron chi connectivity index (χ0n) is 6.46. The maximum atomic E-state index is 5.73. The second-order valence-electron chi connectivity index (χ2n) is 2.84. The second kappa shape index (κ2) is 3.08. The molecule has 0 aliphatic heterocycles. The van der Waals surface area contributed by atoms with Crippen molar-refractivity contribution in [2.45, 2.75) is 18.9 Å². The first-order valence-corrected chi connectivity index (χ1v) is 4.92. The van der Waals surface area contributed by atoms with Crippen molar-refractivity contribution >= 4 is 28.3 Å². The van der Waals surface area contributed by atoms with E-state index >= 15 is 0 Å². The molecule has 12 heavy (non-hydrogen) atoms. The average Bonchev–Trinajstić information content (AvgIpc) is 2.80. The van der Waals surface area contributed by atoms with E-state index in [1.165, 1.54) is 0 Å². The quantitative estimate of drug-likeness (QED) is 0.662. The van der Waals surface area contributed by atoms with E-state index in [1.807, 2.05) is 0 Å². The van der Waals surface area contributed by atoms with Gasteiger partial charge in [-0.3, -0.25) is 0 Å². The molecule has 3 nitrogen and oxygen atoms in total. The highest BCUT2D eigenvalue weighted by Crippen LogP contribution is 2.32. The van der Waals surface area contributed by atoms with Crippen LogP contribution in [0.3, 0.4) is 0 Å². The van der Waals surface area contributed by atoms with Gasteiger partial charge in [0.1, 0.15) is 3.70 Å². The Morgan fingerprint density at radius 1 is 1.58 bits per heavy atom. The van der Waals surface area contributed by atoms with Gasteiger partial charge in [-0.2, -0.15) is 0 Å². The molecule has 0 radical (unpaired) electrons. The molecule has 1 fully saturated rings. The van der Waals surface area contributed by atoms with Gasteiger partial charge in [-0.1, -0.05) is 0 Å². The minimum Gasteiger partial charge on any atom is -0.485 e. The minimum absolute atomic E-state index is 0.380. The Morgan fingerprint density at radius 3 is 2.92 bits per heavy atom. The summed E-state index contributed by atoms with van der Waals surface area (Å²) in [5, 5.41) is 0. The van der Waals surface area contributed by atoms with E-state index in [4.69, 9.17) is 10.5 Å². The Kier molecular flexibility index (Phi) is 2.08. The molecule has 2 rings (SSSR count). The number of aromatic nitrogens is 1. The van der Waals surface area contributed by atoms with Crippen LogP contribution in [0, 0.1) is 3.70 Å². The topological polar surface area (TPSA) is 48.1 Å². The molecule has 1 aromatic heterocycles. The number of hydrogen-bond acceptors (Lipinski definition) is 3. The molecule has 0 aromatic carbocycles. The van der Waals surface area contributed by atoms with Gasteiger partial charge in [0, 0.05) is 6.20 Å². The Bertz CT molecular complexity index is 279. The summed E-state index contributed by atoms with van der Waals surface area (Å²) in [5.41, 5.74) is 6.41. The van der Waals surface area contributed by atoms with Crippen LogP contribution in [0.2, 0.25) is 0 Å². The highest BCUT2D eigenvalue weighted by atomic mass is 127. The minimum atomic E-state index is 0.380. The van der Waals surface area contributed by atoms with E-state index in [-0.39, 0.29) is 0 Å². The summed E-state index contributed by atoms with van der Waals surface area (Å²) >= 11 is 2.13. The number of hydrogen-bond donors (Lipinski definition) is 1. The molecular weight excluding hydrogens is 267 g/mol. The molecule has 1 aliphatic carbocycles. The van der Waals surface area contributed by atoms with Gasteiger partial charge >= 0.3 is 0 Å². The van der Waals surface area contributed by atoms with Crippen molar-refractivity contribution in [2.24, 2.45) is 0 Å². The lowest BCUT2D eigenvalue weighted by atomic mass is 10.4. The fraction of sp³-hybridized carbons (Fsp3) is 0.375. The first-order valence-electron chi connectivity index (χ1n) is 3.84. The van der Waals surface area contributed by atoms with Crippen LogP contribution in [0.25, 0.3) is 0 Å². The van der Waals surface area contributed by atoms with Gasteiger partial charge in [-0.15, -0.1) is 0 Å². The molecule has 0 saturated heterocycles. The number of nitrogens with zero attached hydrogens (tertiary/aromatic N) is 1. The number of nitrogens with two attached hydrogens (primary N) is 1. The van der Waals surface area contributed by atoms with Gasteiger partial charge in [0.15, 0.2) is 5.75 Å². The summed E-state index contributed by atoms with van der Waals surface area (Å²) < 4.78 is 6.44. The van der Waals surface area contributed by atoms with E-state index in [0.29, 0.717) is 11.8 Å². The maximum Gasteiger partial charge on any atom is 0.174 e. The number of nitrogen functional groups attached to an aromatic ring is 1. The fourth-order valence-corrected chi connectivity index (χ4v) is 1.51. The molecular formula is C8H9IN2O. The van der Waals surface area contributed by atoms with Crippen molar-refractivity contribution < 1.29 is 4.74 Å². The van der Waals surface area contributed by atoms with Crippen molar-refractivity contribution in [3.63, 3.8) is 0 Å². The van der Waals surface area contributed by atoms with Crippen molar-refractivity contribution in [1.29, 1.82) is 0 Å². The molecule has 4 heteroatoms. The van der Waals surface area contributed by atoms with Gasteiger partial charge in [0.2, 0.25) is 0 Å². The SMILES string of the molecule is Nc1ccnc(I)c1OC1CC1. The van der Waals surface area contributed by atoms with Crippen molar-refractivity contribution in [1.82, 2.24) is 4.98 Å². The smallest absolute Gasteiger partial charge is 0.174 e. The fourth-order valence-electron chi connectivity index (χ4n) is 0.906. The Morgan fingerprint density at radius 2 is 2.33 bits per heavy atom. The molecule has 0 atom stereocenters. The van der Waals surface area contributed by atoms with Crippen LogP contribution in [0.4, 0.5) is 5.69 Å². The van der Waals surface area contributed by atoms with Crippen LogP contribution < -0.4 is 10.5 Å². The lowest BCUT2D eigenvalue weighted by Gasteiger charge is -2.07. The highest BCUT2D eigenvalue weighted by molar-refractivity contribution is 14.1. The summed E-state index contributed by atoms with van der Waals surface area (Å²) in [7, 11) is 0. The molecule has 0 spiro atoms. The molecule has 1 saturated carbocycles. The van der Waals surface area contributed by atoms with Crippen LogP contribution in [0.5, 0.6) is 5.75 Å². The lowest BCUT2D eigenvalue weighted by molar-refractivity contribution is 0.301. The van der Waals surface area contributed by atoms with Crippen molar-refractivity contribution in [2.75, 3.05) is 5.73 Å². The van der Waals surface area contributed by atoms with Crippen LogP contribution >= 0.6 is 22.6 Å². The summed E-state index contributed by atoms with van der Waals surface area (Å²) in [5.74, 6) is 0.751. The van der Waals surface area contributed by atoms with E-state index in [2.05, 4.69) is 27.6 Å². The molecule has 64 valence electrons. The molecule has 2 N–H and O–H groups in total. The number of rotatable bonds is 2. The molecule has 0 bridgehead atoms. The van der Waals surface area contributed by atoms with E-state index in [9.17, 15) is 0 Å². The van der Waals surface area contributed by atoms with Crippen molar-refractivity contribution in [3.05, 3.63) is 16.0 Å². The number of pyridine rings is 1. The Hall–Kier alpha value is -0.520. The van der Waals surface area contributed by atoms with Gasteiger partial charge < -0.3 is 10.5 Å². The van der Waals surface area contributed by atoms with E-state index in [1.54, 1.807) is 12.3 Å². The predicted octanol–water partition coefficient (Wildman–Crippen LogP) is 1.81. The lowest BCUT2D eigenvalue weighted by Crippen LogP contribution is -2.02. The van der Waals surface area contributed by atoms with E-state index in [0.717, 1.165) is 22.3 Å². The third-order valence-electron chi connectivity index (χ3n) is 1.70. The molecule has 0 unspecified atom stereocenters. The first-order chi connectivity index (χ1) is 5.77. The second-order valence-corrected chi connectivity index (χ2v) is 3.86. The zero-order valence-corrected chi connectivity index (χ0v) is 8.61. The van der Waals surface area contributed by atoms with Gasteiger partial charge in [0.05, 0.1) is 11.8 Å². The molecule has 1 aromatic rings. The standard InChI is InChI=1S/C8H9IN2O/c9-8-7(12-5-1-2-5)6(10)3-4-11-8/h3-5H,1-2H2,(H2,10,11). The van der Waals surface area contributed by atoms with E-state index < -0.39 is 0 Å². The molecule has 1 heterocycles. The Labute approximate surface area is 84.5 Å². The summed E-state index contributed by atoms with van der Waals surface area (Å²) in [4.78, 5) is 4.10. The third kappa shape index (κ3) is 1.63. The molecule has 0 amide bonds. The largest absolute Gasteiger partial charge is 0.485 e. The molecule has 1 aliphatic rings. The Balaban J connectivity index is 2.26. The van der Waals surface area contributed by atoms with Crippen molar-refractivity contribution in [3.8, 4) is 5.75 Å². The monoisotopic (exact) mass is 276 g/mol. The first kappa shape index (κ1) is 8.10. The van der Waals surface area contributed by atoms with Crippen LogP contribution in [0.1, 0.15) is 12.8 Å². The summed E-state index contributed by atoms with van der Waals surface area (Å²) in [6.45, 7) is 0. The van der Waals surface area contributed by atoms with Gasteiger partial charge in [0.25, 0.3) is 0 Å².